The lowest BCUT2D eigenvalue weighted by atomic mass is 10.1. The lowest BCUT2D eigenvalue weighted by Crippen LogP contribution is -2.05. The zero-order valence-electron chi connectivity index (χ0n) is 14.1. The van der Waals surface area contributed by atoms with Gasteiger partial charge in [0.2, 0.25) is 5.88 Å². The van der Waals surface area contributed by atoms with Crippen LogP contribution in [0.3, 0.4) is 0 Å². The maximum Gasteiger partial charge on any atom is 0.345 e. The summed E-state index contributed by atoms with van der Waals surface area (Å²) in [5.41, 5.74) is 4.35. The fourth-order valence-corrected chi connectivity index (χ4v) is 2.67. The molecule has 0 saturated carbocycles. The maximum absolute atomic E-state index is 12.3. The lowest BCUT2D eigenvalue weighted by molar-refractivity contribution is 0.0602. The van der Waals surface area contributed by atoms with Crippen molar-refractivity contribution in [1.29, 1.82) is 0 Å². The highest BCUT2D eigenvalue weighted by Gasteiger charge is 2.25. The Hall–Kier alpha value is -2.79. The van der Waals surface area contributed by atoms with Crippen LogP contribution in [0, 0.1) is 13.8 Å². The molecule has 0 saturated heterocycles. The molecule has 0 bridgehead atoms. The highest BCUT2D eigenvalue weighted by atomic mass is 35.5. The van der Waals surface area contributed by atoms with Crippen LogP contribution in [0.2, 0.25) is 5.02 Å². The Bertz CT molecular complexity index is 917. The van der Waals surface area contributed by atoms with Gasteiger partial charge in [-0.3, -0.25) is 0 Å². The molecule has 3 aromatic rings. The first kappa shape index (κ1) is 17.0. The number of methoxy groups -OCH3 is 1. The van der Waals surface area contributed by atoms with Crippen molar-refractivity contribution in [3.8, 4) is 11.3 Å². The van der Waals surface area contributed by atoms with E-state index in [1.807, 2.05) is 32.0 Å². The van der Waals surface area contributed by atoms with Crippen molar-refractivity contribution in [2.24, 2.45) is 0 Å². The van der Waals surface area contributed by atoms with Gasteiger partial charge in [-0.05, 0) is 37.6 Å². The minimum absolute atomic E-state index is 0.240. The molecule has 6 heteroatoms. The van der Waals surface area contributed by atoms with E-state index in [0.717, 1.165) is 16.8 Å². The number of carbonyl (C=O) groups is 1. The van der Waals surface area contributed by atoms with Gasteiger partial charge in [0.1, 0.15) is 5.69 Å². The Balaban J connectivity index is 2.05. The Morgan fingerprint density at radius 3 is 2.52 bits per heavy atom. The molecule has 0 amide bonds. The third-order valence-electron chi connectivity index (χ3n) is 3.83. The van der Waals surface area contributed by atoms with E-state index in [-0.39, 0.29) is 11.4 Å². The molecular weight excluding hydrogens is 340 g/mol. The van der Waals surface area contributed by atoms with Crippen LogP contribution in [0.15, 0.2) is 47.0 Å². The van der Waals surface area contributed by atoms with E-state index >= 15 is 0 Å². The highest BCUT2D eigenvalue weighted by Crippen LogP contribution is 2.32. The van der Waals surface area contributed by atoms with Crippen molar-refractivity contribution < 1.29 is 14.1 Å². The molecule has 0 spiro atoms. The van der Waals surface area contributed by atoms with Crippen molar-refractivity contribution in [2.45, 2.75) is 13.8 Å². The predicted octanol–water partition coefficient (Wildman–Crippen LogP) is 5.14. The van der Waals surface area contributed by atoms with Crippen molar-refractivity contribution >= 4 is 29.1 Å². The molecule has 0 atom stereocenters. The molecule has 1 heterocycles. The molecule has 0 aliphatic heterocycles. The number of hydrogen-bond acceptors (Lipinski definition) is 5. The normalized spacial score (nSPS) is 10.6. The monoisotopic (exact) mass is 356 g/mol. The van der Waals surface area contributed by atoms with Crippen molar-refractivity contribution in [1.82, 2.24) is 5.16 Å². The molecule has 0 unspecified atom stereocenters. The quantitative estimate of drug-likeness (QED) is 0.655. The SMILES string of the molecule is COC(=O)c1c(-c2ccc(Cl)cc2)noc1Nc1ccc(C)cc1C. The fourth-order valence-electron chi connectivity index (χ4n) is 2.55. The number of hydrogen-bond donors (Lipinski definition) is 1. The zero-order chi connectivity index (χ0) is 18.0. The standard InChI is InChI=1S/C19H17ClN2O3/c1-11-4-9-15(12(2)10-11)21-18-16(19(23)24-3)17(22-25-18)13-5-7-14(20)8-6-13/h4-10,21H,1-3H3. The summed E-state index contributed by atoms with van der Waals surface area (Å²) in [5.74, 6) is -0.290. The van der Waals surface area contributed by atoms with Crippen molar-refractivity contribution in [3.63, 3.8) is 0 Å². The summed E-state index contributed by atoms with van der Waals surface area (Å²) in [5, 5.41) is 7.77. The van der Waals surface area contributed by atoms with Crippen LogP contribution < -0.4 is 5.32 Å². The van der Waals surface area contributed by atoms with Crippen LogP contribution in [0.5, 0.6) is 0 Å². The lowest BCUT2D eigenvalue weighted by Gasteiger charge is -2.09. The van der Waals surface area contributed by atoms with Crippen LogP contribution in [0.25, 0.3) is 11.3 Å². The number of anilines is 2. The van der Waals surface area contributed by atoms with Crippen LogP contribution >= 0.6 is 11.6 Å². The minimum Gasteiger partial charge on any atom is -0.465 e. The zero-order valence-corrected chi connectivity index (χ0v) is 14.8. The molecule has 2 aromatic carbocycles. The van der Waals surface area contributed by atoms with E-state index in [2.05, 4.69) is 10.5 Å². The molecule has 3 rings (SSSR count). The van der Waals surface area contributed by atoms with Gasteiger partial charge in [-0.2, -0.15) is 0 Å². The number of rotatable bonds is 4. The van der Waals surface area contributed by atoms with Gasteiger partial charge in [-0.1, -0.05) is 46.6 Å². The van der Waals surface area contributed by atoms with Crippen LogP contribution in [-0.4, -0.2) is 18.2 Å². The molecule has 128 valence electrons. The molecule has 0 radical (unpaired) electrons. The third-order valence-corrected chi connectivity index (χ3v) is 4.08. The van der Waals surface area contributed by atoms with Gasteiger partial charge < -0.3 is 14.6 Å². The Morgan fingerprint density at radius 1 is 1.16 bits per heavy atom. The number of benzene rings is 2. The summed E-state index contributed by atoms with van der Waals surface area (Å²) in [6, 6.07) is 12.9. The number of nitrogens with one attached hydrogen (secondary N) is 1. The van der Waals surface area contributed by atoms with Gasteiger partial charge in [0, 0.05) is 16.3 Å². The summed E-state index contributed by atoms with van der Waals surface area (Å²) in [7, 11) is 1.32. The largest absolute Gasteiger partial charge is 0.465 e. The van der Waals surface area contributed by atoms with Crippen molar-refractivity contribution in [3.05, 3.63) is 64.2 Å². The third kappa shape index (κ3) is 3.51. The second kappa shape index (κ2) is 6.99. The Labute approximate surface area is 150 Å². The molecule has 1 N–H and O–H groups in total. The topological polar surface area (TPSA) is 64.4 Å². The van der Waals surface area contributed by atoms with Crippen LogP contribution in [-0.2, 0) is 4.74 Å². The van der Waals surface area contributed by atoms with Gasteiger partial charge in [0.25, 0.3) is 0 Å². The number of nitrogens with zero attached hydrogens (tertiary/aromatic N) is 1. The second-order valence-corrected chi connectivity index (χ2v) is 6.11. The molecule has 0 aliphatic carbocycles. The van der Waals surface area contributed by atoms with Gasteiger partial charge >= 0.3 is 5.97 Å². The van der Waals surface area contributed by atoms with Gasteiger partial charge in [0.05, 0.1) is 7.11 Å². The van der Waals surface area contributed by atoms with Crippen LogP contribution in [0.1, 0.15) is 21.5 Å². The first-order valence-corrected chi connectivity index (χ1v) is 8.05. The van der Waals surface area contributed by atoms with E-state index in [0.29, 0.717) is 16.3 Å². The van der Waals surface area contributed by atoms with Crippen LogP contribution in [0.4, 0.5) is 11.6 Å². The second-order valence-electron chi connectivity index (χ2n) is 5.68. The van der Waals surface area contributed by atoms with Gasteiger partial charge in [-0.15, -0.1) is 0 Å². The Morgan fingerprint density at radius 2 is 1.88 bits per heavy atom. The van der Waals surface area contributed by atoms with Gasteiger partial charge in [0.15, 0.2) is 5.56 Å². The first-order valence-electron chi connectivity index (χ1n) is 7.68. The predicted molar refractivity (Wildman–Crippen MR) is 97.5 cm³/mol. The molecular formula is C19H17ClN2O3. The summed E-state index contributed by atoms with van der Waals surface area (Å²) >= 11 is 5.92. The summed E-state index contributed by atoms with van der Waals surface area (Å²) in [6.45, 7) is 3.99. The van der Waals surface area contributed by atoms with Gasteiger partial charge in [-0.25, -0.2) is 4.79 Å². The van der Waals surface area contributed by atoms with E-state index in [9.17, 15) is 4.79 Å². The number of halogens is 1. The average Bonchev–Trinajstić information content (AvgIpc) is 3.01. The number of carbonyl (C=O) groups excluding carboxylic acids is 1. The number of esters is 1. The first-order chi connectivity index (χ1) is 12.0. The average molecular weight is 357 g/mol. The summed E-state index contributed by atoms with van der Waals surface area (Å²) in [4.78, 5) is 12.3. The molecule has 0 aliphatic rings. The number of aryl methyl sites for hydroxylation is 2. The van der Waals surface area contributed by atoms with E-state index in [1.165, 1.54) is 7.11 Å². The molecule has 1 aromatic heterocycles. The number of ether oxygens (including phenoxy) is 1. The molecule has 5 nitrogen and oxygen atoms in total. The molecule has 0 fully saturated rings. The van der Waals surface area contributed by atoms with E-state index in [4.69, 9.17) is 20.9 Å². The van der Waals surface area contributed by atoms with Crippen molar-refractivity contribution in [2.75, 3.05) is 12.4 Å². The Kier molecular flexibility index (Phi) is 4.76. The van der Waals surface area contributed by atoms with E-state index < -0.39 is 5.97 Å². The van der Waals surface area contributed by atoms with E-state index in [1.54, 1.807) is 24.3 Å². The number of aromatic nitrogens is 1. The minimum atomic E-state index is -0.529. The highest BCUT2D eigenvalue weighted by molar-refractivity contribution is 6.30. The smallest absolute Gasteiger partial charge is 0.345 e. The molecule has 25 heavy (non-hydrogen) atoms. The summed E-state index contributed by atoms with van der Waals surface area (Å²) < 4.78 is 10.3. The fraction of sp³-hybridized carbons (Fsp3) is 0.158. The summed E-state index contributed by atoms with van der Waals surface area (Å²) in [6.07, 6.45) is 0. The maximum atomic E-state index is 12.3.